The molecule has 0 fully saturated rings. The van der Waals surface area contributed by atoms with Crippen LogP contribution in [0.1, 0.15) is 15.9 Å². The van der Waals surface area contributed by atoms with Crippen LogP contribution < -0.4 is 5.32 Å². The van der Waals surface area contributed by atoms with E-state index in [0.717, 1.165) is 5.56 Å². The van der Waals surface area contributed by atoms with Crippen LogP contribution in [0, 0.1) is 0 Å². The average molecular weight is 296 g/mol. The highest BCUT2D eigenvalue weighted by Gasteiger charge is 2.10. The van der Waals surface area contributed by atoms with Crippen molar-refractivity contribution in [3.63, 3.8) is 0 Å². The molecule has 0 spiro atoms. The molecule has 0 atom stereocenters. The third kappa shape index (κ3) is 3.26. The summed E-state index contributed by atoms with van der Waals surface area (Å²) in [5.41, 5.74) is 1.69. The molecule has 1 amide bonds. The molecule has 2 aromatic carbocycles. The molecule has 0 saturated heterocycles. The maximum atomic E-state index is 12.0. The first-order valence-corrected chi connectivity index (χ1v) is 6.32. The maximum Gasteiger partial charge on any atom is 0.255 e. The first-order valence-electron chi connectivity index (χ1n) is 5.57. The van der Waals surface area contributed by atoms with Crippen LogP contribution in [0.5, 0.6) is 0 Å². The number of rotatable bonds is 3. The SMILES string of the molecule is O=C(Nc1cccc(Cl)c1Cl)c1ccc(CO)cc1. The van der Waals surface area contributed by atoms with Gasteiger partial charge in [-0.05, 0) is 29.8 Å². The van der Waals surface area contributed by atoms with Crippen LogP contribution in [0.4, 0.5) is 5.69 Å². The average Bonchev–Trinajstić information content (AvgIpc) is 2.44. The van der Waals surface area contributed by atoms with Gasteiger partial charge in [0.05, 0.1) is 22.3 Å². The molecule has 2 aromatic rings. The molecule has 0 heterocycles. The van der Waals surface area contributed by atoms with Gasteiger partial charge < -0.3 is 10.4 Å². The molecule has 19 heavy (non-hydrogen) atoms. The molecule has 0 aliphatic carbocycles. The van der Waals surface area contributed by atoms with Crippen molar-refractivity contribution in [2.45, 2.75) is 6.61 Å². The lowest BCUT2D eigenvalue weighted by molar-refractivity contribution is 0.102. The number of nitrogens with one attached hydrogen (secondary N) is 1. The molecule has 0 saturated carbocycles. The zero-order valence-electron chi connectivity index (χ0n) is 9.86. The summed E-state index contributed by atoms with van der Waals surface area (Å²) in [6.07, 6.45) is 0. The number of amides is 1. The largest absolute Gasteiger partial charge is 0.392 e. The molecular weight excluding hydrogens is 285 g/mol. The van der Waals surface area contributed by atoms with E-state index >= 15 is 0 Å². The molecule has 2 rings (SSSR count). The molecular formula is C14H11Cl2NO2. The quantitative estimate of drug-likeness (QED) is 0.906. The van der Waals surface area contributed by atoms with E-state index in [1.54, 1.807) is 42.5 Å². The number of anilines is 1. The predicted octanol–water partition coefficient (Wildman–Crippen LogP) is 3.74. The van der Waals surface area contributed by atoms with Crippen molar-refractivity contribution in [3.05, 3.63) is 63.6 Å². The van der Waals surface area contributed by atoms with Gasteiger partial charge in [0, 0.05) is 5.56 Å². The Labute approximate surface area is 120 Å². The first-order chi connectivity index (χ1) is 9.11. The lowest BCUT2D eigenvalue weighted by Gasteiger charge is -2.08. The predicted molar refractivity (Wildman–Crippen MR) is 76.8 cm³/mol. The molecule has 0 bridgehead atoms. The van der Waals surface area contributed by atoms with Crippen molar-refractivity contribution in [1.82, 2.24) is 0 Å². The summed E-state index contributed by atoms with van der Waals surface area (Å²) >= 11 is 11.9. The van der Waals surface area contributed by atoms with Gasteiger partial charge in [0.1, 0.15) is 0 Å². The Kier molecular flexibility index (Phi) is 4.43. The third-order valence-electron chi connectivity index (χ3n) is 2.60. The van der Waals surface area contributed by atoms with E-state index < -0.39 is 0 Å². The number of carbonyl (C=O) groups excluding carboxylic acids is 1. The van der Waals surface area contributed by atoms with Gasteiger partial charge in [-0.2, -0.15) is 0 Å². The number of aliphatic hydroxyl groups is 1. The number of hydrogen-bond donors (Lipinski definition) is 2. The zero-order chi connectivity index (χ0) is 13.8. The van der Waals surface area contributed by atoms with Crippen LogP contribution in [-0.2, 0) is 6.61 Å². The standard InChI is InChI=1S/C14H11Cl2NO2/c15-11-2-1-3-12(13(11)16)17-14(19)10-6-4-9(8-18)5-7-10/h1-7,18H,8H2,(H,17,19). The smallest absolute Gasteiger partial charge is 0.255 e. The second kappa shape index (κ2) is 6.06. The summed E-state index contributed by atoms with van der Waals surface area (Å²) in [6, 6.07) is 11.7. The fraction of sp³-hybridized carbons (Fsp3) is 0.0714. The van der Waals surface area contributed by atoms with Gasteiger partial charge in [-0.25, -0.2) is 0 Å². The minimum Gasteiger partial charge on any atom is -0.392 e. The van der Waals surface area contributed by atoms with Crippen molar-refractivity contribution in [1.29, 1.82) is 0 Å². The van der Waals surface area contributed by atoms with E-state index in [0.29, 0.717) is 21.3 Å². The van der Waals surface area contributed by atoms with Gasteiger partial charge >= 0.3 is 0 Å². The molecule has 5 heteroatoms. The van der Waals surface area contributed by atoms with Gasteiger partial charge in [0.15, 0.2) is 0 Å². The van der Waals surface area contributed by atoms with Gasteiger partial charge in [-0.15, -0.1) is 0 Å². The van der Waals surface area contributed by atoms with Gasteiger partial charge in [0.2, 0.25) is 0 Å². The Morgan fingerprint density at radius 2 is 1.79 bits per heavy atom. The number of aliphatic hydroxyl groups excluding tert-OH is 1. The fourth-order valence-electron chi connectivity index (χ4n) is 1.56. The highest BCUT2D eigenvalue weighted by molar-refractivity contribution is 6.44. The highest BCUT2D eigenvalue weighted by atomic mass is 35.5. The van der Waals surface area contributed by atoms with Crippen LogP contribution in [-0.4, -0.2) is 11.0 Å². The third-order valence-corrected chi connectivity index (χ3v) is 3.42. The lowest BCUT2D eigenvalue weighted by Crippen LogP contribution is -2.12. The van der Waals surface area contributed by atoms with Crippen LogP contribution in [0.15, 0.2) is 42.5 Å². The van der Waals surface area contributed by atoms with E-state index in [-0.39, 0.29) is 12.5 Å². The molecule has 0 radical (unpaired) electrons. The van der Waals surface area contributed by atoms with Crippen molar-refractivity contribution >= 4 is 34.8 Å². The van der Waals surface area contributed by atoms with E-state index in [2.05, 4.69) is 5.32 Å². The summed E-state index contributed by atoms with van der Waals surface area (Å²) in [5.74, 6) is -0.284. The van der Waals surface area contributed by atoms with Crippen LogP contribution in [0.25, 0.3) is 0 Å². The number of carbonyl (C=O) groups is 1. The van der Waals surface area contributed by atoms with Crippen LogP contribution >= 0.6 is 23.2 Å². The van der Waals surface area contributed by atoms with Crippen LogP contribution in [0.3, 0.4) is 0 Å². The first kappa shape index (κ1) is 13.9. The second-order valence-corrected chi connectivity index (χ2v) is 4.70. The van der Waals surface area contributed by atoms with Gasteiger partial charge in [-0.3, -0.25) is 4.79 Å². The molecule has 3 nitrogen and oxygen atoms in total. The Morgan fingerprint density at radius 1 is 1.11 bits per heavy atom. The monoisotopic (exact) mass is 295 g/mol. The molecule has 2 N–H and O–H groups in total. The maximum absolute atomic E-state index is 12.0. The number of benzene rings is 2. The van der Waals surface area contributed by atoms with Crippen molar-refractivity contribution < 1.29 is 9.90 Å². The van der Waals surface area contributed by atoms with Crippen molar-refractivity contribution in [2.24, 2.45) is 0 Å². The number of halogens is 2. The highest BCUT2D eigenvalue weighted by Crippen LogP contribution is 2.29. The second-order valence-electron chi connectivity index (χ2n) is 3.91. The van der Waals surface area contributed by atoms with E-state index in [1.807, 2.05) is 0 Å². The fourth-order valence-corrected chi connectivity index (χ4v) is 1.90. The van der Waals surface area contributed by atoms with E-state index in [1.165, 1.54) is 0 Å². The topological polar surface area (TPSA) is 49.3 Å². The van der Waals surface area contributed by atoms with E-state index in [4.69, 9.17) is 28.3 Å². The molecule has 0 unspecified atom stereocenters. The summed E-state index contributed by atoms with van der Waals surface area (Å²) in [5, 5.41) is 12.3. The minimum absolute atomic E-state index is 0.0536. The normalized spacial score (nSPS) is 10.3. The Morgan fingerprint density at radius 3 is 2.42 bits per heavy atom. The van der Waals surface area contributed by atoms with Gasteiger partial charge in [0.25, 0.3) is 5.91 Å². The molecule has 98 valence electrons. The lowest BCUT2D eigenvalue weighted by atomic mass is 10.1. The molecule has 0 aliphatic rings. The van der Waals surface area contributed by atoms with E-state index in [9.17, 15) is 4.79 Å². The van der Waals surface area contributed by atoms with Crippen LogP contribution in [0.2, 0.25) is 10.0 Å². The Hall–Kier alpha value is -1.55. The summed E-state index contributed by atoms with van der Waals surface area (Å²) < 4.78 is 0. The Bertz CT molecular complexity index is 597. The van der Waals surface area contributed by atoms with Gasteiger partial charge in [-0.1, -0.05) is 41.4 Å². The summed E-state index contributed by atoms with van der Waals surface area (Å²) in [4.78, 5) is 12.0. The zero-order valence-corrected chi connectivity index (χ0v) is 11.4. The van der Waals surface area contributed by atoms with Crippen molar-refractivity contribution in [2.75, 3.05) is 5.32 Å². The number of hydrogen-bond acceptors (Lipinski definition) is 2. The van der Waals surface area contributed by atoms with Crippen molar-refractivity contribution in [3.8, 4) is 0 Å². The molecule has 0 aromatic heterocycles. The summed E-state index contributed by atoms with van der Waals surface area (Å²) in [6.45, 7) is -0.0536. The molecule has 0 aliphatic heterocycles. The Balaban J connectivity index is 2.18. The minimum atomic E-state index is -0.284. The summed E-state index contributed by atoms with van der Waals surface area (Å²) in [7, 11) is 0.